The lowest BCUT2D eigenvalue weighted by atomic mass is 10.0. The third kappa shape index (κ3) is 31.1. The molecule has 326 valence electrons. The fourth-order valence-corrected chi connectivity index (χ4v) is 6.79. The van der Waals surface area contributed by atoms with Crippen LogP contribution in [0.15, 0.2) is 0 Å². The molecule has 0 fully saturated rings. The summed E-state index contributed by atoms with van der Waals surface area (Å²) in [5.74, 6) is -0.911. The number of nitrogens with one attached hydrogen (secondary N) is 9. The monoisotopic (exact) mass is 796 g/mol. The fraction of sp³-hybridized carbons (Fsp3) is 0.854. The van der Waals surface area contributed by atoms with Gasteiger partial charge in [-0.2, -0.15) is 0 Å². The third-order valence-electron chi connectivity index (χ3n) is 9.89. The van der Waals surface area contributed by atoms with Gasteiger partial charge in [-0.15, -0.1) is 0 Å². The van der Waals surface area contributed by atoms with Crippen LogP contribution in [0.2, 0.25) is 0 Å². The van der Waals surface area contributed by atoms with E-state index >= 15 is 0 Å². The molecule has 0 aliphatic rings. The van der Waals surface area contributed by atoms with Crippen molar-refractivity contribution in [2.24, 2.45) is 0 Å². The smallest absolute Gasteiger partial charge is 0.222 e. The number of hydrogen-bond donors (Lipinski definition) is 9. The second-order valence-corrected chi connectivity index (χ2v) is 15.4. The summed E-state index contributed by atoms with van der Waals surface area (Å²) in [6.45, 7) is 6.36. The zero-order valence-corrected chi connectivity index (χ0v) is 36.1. The lowest BCUT2D eigenvalue weighted by Gasteiger charge is -2.25. The first kappa shape index (κ1) is 53.0. The quantitative estimate of drug-likeness (QED) is 0.0413. The molecule has 0 heterocycles. The van der Waals surface area contributed by atoms with Crippen LogP contribution in [0, 0.1) is 0 Å². The molecule has 0 radical (unpaired) electrons. The van der Waals surface area contributed by atoms with Gasteiger partial charge in [0, 0.05) is 68.7 Å². The summed E-state index contributed by atoms with van der Waals surface area (Å²) in [5.41, 5.74) is 0. The first-order valence-corrected chi connectivity index (χ1v) is 21.3. The Morgan fingerprint density at radius 3 is 0.911 bits per heavy atom. The van der Waals surface area contributed by atoms with Crippen molar-refractivity contribution in [1.82, 2.24) is 47.9 Å². The lowest BCUT2D eigenvalue weighted by Crippen LogP contribution is -2.46. The van der Waals surface area contributed by atoms with E-state index in [1.54, 1.807) is 0 Å². The minimum Gasteiger partial charge on any atom is -0.353 e. The summed E-state index contributed by atoms with van der Waals surface area (Å²) in [4.78, 5) is 77.0. The first-order chi connectivity index (χ1) is 26.9. The van der Waals surface area contributed by atoms with E-state index in [0.717, 1.165) is 84.0 Å². The number of ketones is 2. The number of carbonyl (C=O) groups is 6. The zero-order chi connectivity index (χ0) is 42.0. The Morgan fingerprint density at radius 1 is 0.357 bits per heavy atom. The van der Waals surface area contributed by atoms with Crippen LogP contribution in [0.3, 0.4) is 0 Å². The molecule has 0 saturated heterocycles. The predicted molar refractivity (Wildman–Crippen MR) is 225 cm³/mol. The maximum atomic E-state index is 13.6. The van der Waals surface area contributed by atoms with Crippen LogP contribution < -0.4 is 47.9 Å². The second-order valence-electron chi connectivity index (χ2n) is 15.4. The van der Waals surface area contributed by atoms with E-state index in [4.69, 9.17) is 0 Å². The molecule has 5 atom stereocenters. The highest BCUT2D eigenvalue weighted by molar-refractivity contribution is 5.83. The van der Waals surface area contributed by atoms with E-state index in [0.29, 0.717) is 32.1 Å². The van der Waals surface area contributed by atoms with Crippen LogP contribution in [-0.2, 0) is 28.8 Å². The van der Waals surface area contributed by atoms with Crippen LogP contribution in [0.4, 0.5) is 0 Å². The normalized spacial score (nSPS) is 13.9. The molecule has 15 heteroatoms. The molecule has 0 saturated carbocycles. The fourth-order valence-electron chi connectivity index (χ4n) is 6.79. The highest BCUT2D eigenvalue weighted by Gasteiger charge is 2.24. The van der Waals surface area contributed by atoms with Crippen molar-refractivity contribution in [3.8, 4) is 0 Å². The van der Waals surface area contributed by atoms with Gasteiger partial charge in [-0.3, -0.25) is 24.0 Å². The number of amides is 4. The Morgan fingerprint density at radius 2 is 0.643 bits per heavy atom. The van der Waals surface area contributed by atoms with Gasteiger partial charge in [-0.05, 0) is 133 Å². The van der Waals surface area contributed by atoms with E-state index in [-0.39, 0.29) is 79.4 Å². The maximum Gasteiger partial charge on any atom is 0.222 e. The van der Waals surface area contributed by atoms with Crippen molar-refractivity contribution >= 4 is 35.2 Å². The first-order valence-electron chi connectivity index (χ1n) is 21.3. The highest BCUT2D eigenvalue weighted by atomic mass is 16.2. The van der Waals surface area contributed by atoms with Crippen LogP contribution in [0.5, 0.6) is 0 Å². The molecular formula is C41H81N9O6. The molecule has 0 aromatic carbocycles. The van der Waals surface area contributed by atoms with Crippen molar-refractivity contribution in [1.29, 1.82) is 0 Å². The molecule has 4 amide bonds. The van der Waals surface area contributed by atoms with Gasteiger partial charge in [0.25, 0.3) is 0 Å². The summed E-state index contributed by atoms with van der Waals surface area (Å²) in [7, 11) is 9.47. The number of carbonyl (C=O) groups excluding carboxylic acids is 6. The van der Waals surface area contributed by atoms with Gasteiger partial charge in [0.15, 0.2) is 0 Å². The van der Waals surface area contributed by atoms with E-state index in [2.05, 4.69) is 47.9 Å². The van der Waals surface area contributed by atoms with Gasteiger partial charge in [-0.25, -0.2) is 0 Å². The summed E-state index contributed by atoms with van der Waals surface area (Å²) in [6, 6.07) is -1.58. The van der Waals surface area contributed by atoms with Crippen molar-refractivity contribution in [2.75, 3.05) is 61.4 Å². The largest absolute Gasteiger partial charge is 0.353 e. The molecular weight excluding hydrogens is 715 g/mol. The molecule has 0 spiro atoms. The maximum absolute atomic E-state index is 13.6. The molecule has 0 aromatic heterocycles. The molecule has 15 nitrogen and oxygen atoms in total. The molecule has 56 heavy (non-hydrogen) atoms. The average Bonchev–Trinajstić information content (AvgIpc) is 3.13. The highest BCUT2D eigenvalue weighted by Crippen LogP contribution is 2.13. The molecule has 0 aliphatic heterocycles. The molecule has 0 rings (SSSR count). The molecule has 0 aromatic rings. The van der Waals surface area contributed by atoms with Crippen molar-refractivity contribution in [3.63, 3.8) is 0 Å². The molecule has 9 N–H and O–H groups in total. The van der Waals surface area contributed by atoms with Crippen molar-refractivity contribution < 1.29 is 28.8 Å². The number of hydrogen-bond acceptors (Lipinski definition) is 11. The second kappa shape index (κ2) is 35.2. The van der Waals surface area contributed by atoms with Crippen molar-refractivity contribution in [2.45, 2.75) is 166 Å². The van der Waals surface area contributed by atoms with Gasteiger partial charge in [-0.1, -0.05) is 25.7 Å². The predicted octanol–water partition coefficient (Wildman–Crippen LogP) is 1.98. The zero-order valence-electron chi connectivity index (χ0n) is 36.1. The Hall–Kier alpha value is -2.98. The Balaban J connectivity index is 5.74. The Bertz CT molecular complexity index is 1100. The van der Waals surface area contributed by atoms with Crippen LogP contribution >= 0.6 is 0 Å². The number of rotatable bonds is 38. The Kier molecular flexibility index (Phi) is 33.3. The van der Waals surface area contributed by atoms with Crippen LogP contribution in [0.1, 0.15) is 136 Å². The van der Waals surface area contributed by atoms with Crippen LogP contribution in [-0.4, -0.2) is 127 Å². The van der Waals surface area contributed by atoms with Gasteiger partial charge >= 0.3 is 0 Å². The average molecular weight is 796 g/mol. The molecule has 5 unspecified atom stereocenters. The Labute approximate surface area is 338 Å². The van der Waals surface area contributed by atoms with E-state index in [1.807, 2.05) is 35.2 Å². The van der Waals surface area contributed by atoms with Gasteiger partial charge in [0.1, 0.15) is 11.6 Å². The third-order valence-corrected chi connectivity index (χ3v) is 9.89. The lowest BCUT2D eigenvalue weighted by molar-refractivity contribution is -0.125. The summed E-state index contributed by atoms with van der Waals surface area (Å²) >= 11 is 0. The number of Topliss-reactive ketones (excluding diaryl/α,β-unsaturated/α-hetero) is 2. The minimum absolute atomic E-state index is 0.00990. The summed E-state index contributed by atoms with van der Waals surface area (Å²) in [5, 5.41) is 28.1. The topological polar surface area (TPSA) is 211 Å². The van der Waals surface area contributed by atoms with E-state index < -0.39 is 18.1 Å². The standard InChI is InChI=1S/C41H81N9O6/c1-31(51)20-21-37(26-32(2)52)50-41(56)30-36(19-11-15-25-45-6)49-40(55)29-35(18-10-14-24-44-5)48-39(54)28-34(17-9-13-23-43-4)47-38(53)27-33(46-7)16-8-12-22-42-3/h33-37,42-46H,8-30H2,1-7H3,(H,47,53)(H,48,54)(H,49,55)(H,50,56). The molecule has 0 aliphatic carbocycles. The van der Waals surface area contributed by atoms with Crippen molar-refractivity contribution in [3.05, 3.63) is 0 Å². The number of unbranched alkanes of at least 4 members (excludes halogenated alkanes) is 4. The van der Waals surface area contributed by atoms with Gasteiger partial charge in [0.05, 0.1) is 0 Å². The van der Waals surface area contributed by atoms with E-state index in [1.165, 1.54) is 13.8 Å². The van der Waals surface area contributed by atoms with Gasteiger partial charge in [0.2, 0.25) is 23.6 Å². The van der Waals surface area contributed by atoms with Crippen LogP contribution in [0.25, 0.3) is 0 Å². The SMILES string of the molecule is CNCCCCC(CC(=O)NC(CCCCNC)CC(=O)NC(CCCCNC)CC(=O)NC(CCCCNC)CC(=O)NC(CCC(C)=O)CC(C)=O)NC. The summed E-state index contributed by atoms with van der Waals surface area (Å²) in [6.07, 6.45) is 11.3. The summed E-state index contributed by atoms with van der Waals surface area (Å²) < 4.78 is 0. The minimum atomic E-state index is -0.447. The van der Waals surface area contributed by atoms with Gasteiger partial charge < -0.3 is 52.6 Å². The van der Waals surface area contributed by atoms with E-state index in [9.17, 15) is 28.8 Å². The molecule has 0 bridgehead atoms.